The molecule has 110 valence electrons. The van der Waals surface area contributed by atoms with E-state index in [4.69, 9.17) is 9.53 Å². The van der Waals surface area contributed by atoms with E-state index in [1.807, 2.05) is 0 Å². The first-order valence-corrected chi connectivity index (χ1v) is 9.77. The Kier molecular flexibility index (Phi) is 4.85. The van der Waals surface area contributed by atoms with Gasteiger partial charge in [-0.05, 0) is 42.5 Å². The van der Waals surface area contributed by atoms with Crippen LogP contribution in [-0.4, -0.2) is 32.2 Å². The molecule has 0 aromatic heterocycles. The van der Waals surface area contributed by atoms with Crippen LogP contribution in [0, 0.1) is 5.92 Å². The zero-order valence-corrected chi connectivity index (χ0v) is 13.7. The van der Waals surface area contributed by atoms with Gasteiger partial charge in [-0.15, -0.1) is 0 Å². The number of hydrogen-bond donors (Lipinski definition) is 2. The van der Waals surface area contributed by atoms with Crippen molar-refractivity contribution < 1.29 is 14.3 Å². The van der Waals surface area contributed by atoms with Gasteiger partial charge in [0.15, 0.2) is 8.32 Å². The highest BCUT2D eigenvalue weighted by Gasteiger charge is 2.39. The molecule has 2 N–H and O–H groups in total. The van der Waals surface area contributed by atoms with E-state index >= 15 is 0 Å². The maximum absolute atomic E-state index is 10.9. The molecule has 1 aliphatic carbocycles. The van der Waals surface area contributed by atoms with Gasteiger partial charge in [0.2, 0.25) is 0 Å². The molecular formula is C14H27NO3Si. The van der Waals surface area contributed by atoms with E-state index in [9.17, 15) is 4.79 Å². The third-order valence-electron chi connectivity index (χ3n) is 4.26. The summed E-state index contributed by atoms with van der Waals surface area (Å²) < 4.78 is 6.11. The Morgan fingerprint density at radius 2 is 2.00 bits per heavy atom. The third-order valence-corrected chi connectivity index (χ3v) is 8.76. The van der Waals surface area contributed by atoms with E-state index in [2.05, 4.69) is 45.8 Å². The average molecular weight is 285 g/mol. The summed E-state index contributed by atoms with van der Waals surface area (Å²) >= 11 is 0. The van der Waals surface area contributed by atoms with Gasteiger partial charge in [0.05, 0.1) is 12.6 Å². The topological polar surface area (TPSA) is 58.6 Å². The molecule has 0 aromatic rings. The molecular weight excluding hydrogens is 258 g/mol. The first-order valence-electron chi connectivity index (χ1n) is 6.86. The molecule has 5 heteroatoms. The first-order chi connectivity index (χ1) is 8.54. The molecule has 0 spiro atoms. The number of amides is 1. The normalized spacial score (nSPS) is 17.9. The van der Waals surface area contributed by atoms with Crippen molar-refractivity contribution in [3.05, 3.63) is 12.2 Å². The number of nitrogens with one attached hydrogen (secondary N) is 1. The van der Waals surface area contributed by atoms with Crippen molar-refractivity contribution in [3.8, 4) is 0 Å². The van der Waals surface area contributed by atoms with Crippen molar-refractivity contribution in [3.63, 3.8) is 0 Å². The molecule has 0 bridgehead atoms. The highest BCUT2D eigenvalue weighted by molar-refractivity contribution is 6.74. The lowest BCUT2D eigenvalue weighted by Gasteiger charge is -2.37. The number of carboxylic acid groups (broad SMARTS) is 1. The minimum absolute atomic E-state index is 0.127. The zero-order chi connectivity index (χ0) is 14.8. The lowest BCUT2D eigenvalue weighted by molar-refractivity contribution is 0.182. The molecule has 19 heavy (non-hydrogen) atoms. The lowest BCUT2D eigenvalue weighted by Crippen LogP contribution is -2.46. The fourth-order valence-corrected chi connectivity index (χ4v) is 2.65. The van der Waals surface area contributed by atoms with E-state index in [0.29, 0.717) is 12.5 Å². The van der Waals surface area contributed by atoms with Crippen LogP contribution < -0.4 is 5.32 Å². The Balaban J connectivity index is 2.62. The standard InChI is InChI=1S/C14H27NO3Si/c1-10(11-7-8-11)12(15-13(16)17)9-18-19(5,6)14(2,3)4/h11-12,15H,1,7-9H2,2-6H3,(H,16,17)/t12-/m1/s1. The van der Waals surface area contributed by atoms with Gasteiger partial charge in [-0.1, -0.05) is 27.4 Å². The summed E-state index contributed by atoms with van der Waals surface area (Å²) in [5.74, 6) is 0.472. The molecule has 0 unspecified atom stereocenters. The van der Waals surface area contributed by atoms with Crippen molar-refractivity contribution in [2.45, 2.75) is 57.8 Å². The second-order valence-corrected chi connectivity index (χ2v) is 11.7. The van der Waals surface area contributed by atoms with Crippen molar-refractivity contribution in [1.29, 1.82) is 0 Å². The summed E-state index contributed by atoms with van der Waals surface area (Å²) in [7, 11) is -1.85. The fraction of sp³-hybridized carbons (Fsp3) is 0.786. The molecule has 1 rings (SSSR count). The van der Waals surface area contributed by atoms with Crippen LogP contribution in [0.2, 0.25) is 18.1 Å². The number of rotatable bonds is 6. The minimum atomic E-state index is -1.85. The van der Waals surface area contributed by atoms with Gasteiger partial charge in [0.1, 0.15) is 0 Å². The van der Waals surface area contributed by atoms with Gasteiger partial charge in [-0.3, -0.25) is 0 Å². The van der Waals surface area contributed by atoms with Crippen LogP contribution in [0.4, 0.5) is 4.79 Å². The van der Waals surface area contributed by atoms with E-state index in [1.54, 1.807) is 0 Å². The highest BCUT2D eigenvalue weighted by Crippen LogP contribution is 2.39. The summed E-state index contributed by atoms with van der Waals surface area (Å²) in [5, 5.41) is 11.6. The Hall–Kier alpha value is -0.813. The predicted molar refractivity (Wildman–Crippen MR) is 80.0 cm³/mol. The van der Waals surface area contributed by atoms with E-state index < -0.39 is 14.4 Å². The maximum Gasteiger partial charge on any atom is 0.405 e. The molecule has 0 aliphatic heterocycles. The van der Waals surface area contributed by atoms with Gasteiger partial charge in [-0.2, -0.15) is 0 Å². The first kappa shape index (κ1) is 16.2. The van der Waals surface area contributed by atoms with Gasteiger partial charge in [0.25, 0.3) is 0 Å². The van der Waals surface area contributed by atoms with Gasteiger partial charge in [-0.25, -0.2) is 4.79 Å². The molecule has 0 saturated heterocycles. The average Bonchev–Trinajstić information content (AvgIpc) is 3.04. The van der Waals surface area contributed by atoms with Gasteiger partial charge >= 0.3 is 6.09 Å². The Morgan fingerprint density at radius 1 is 1.47 bits per heavy atom. The molecule has 0 aromatic carbocycles. The van der Waals surface area contributed by atoms with E-state index in [1.165, 1.54) is 0 Å². The van der Waals surface area contributed by atoms with E-state index in [0.717, 1.165) is 18.4 Å². The molecule has 1 atom stereocenters. The second-order valence-electron chi connectivity index (χ2n) is 6.92. The van der Waals surface area contributed by atoms with Crippen LogP contribution in [0.1, 0.15) is 33.6 Å². The number of carbonyl (C=O) groups is 1. The Labute approximate surface area is 117 Å². The lowest BCUT2D eigenvalue weighted by atomic mass is 10.1. The number of hydrogen-bond acceptors (Lipinski definition) is 2. The molecule has 0 heterocycles. The monoisotopic (exact) mass is 285 g/mol. The maximum atomic E-state index is 10.9. The van der Waals surface area contributed by atoms with Crippen LogP contribution >= 0.6 is 0 Å². The van der Waals surface area contributed by atoms with Crippen LogP contribution in [0.5, 0.6) is 0 Å². The van der Waals surface area contributed by atoms with Crippen LogP contribution in [-0.2, 0) is 4.43 Å². The van der Waals surface area contributed by atoms with Gasteiger partial charge < -0.3 is 14.8 Å². The van der Waals surface area contributed by atoms with Gasteiger partial charge in [0, 0.05) is 0 Å². The smallest absolute Gasteiger partial charge is 0.405 e. The third kappa shape index (κ3) is 4.65. The van der Waals surface area contributed by atoms with Crippen LogP contribution in [0.25, 0.3) is 0 Å². The largest absolute Gasteiger partial charge is 0.465 e. The molecule has 0 radical (unpaired) electrons. The summed E-state index contributed by atoms with van der Waals surface area (Å²) in [4.78, 5) is 10.9. The molecule has 1 fully saturated rings. The summed E-state index contributed by atoms with van der Waals surface area (Å²) in [6.07, 6.45) is 1.23. The molecule has 1 aliphatic rings. The zero-order valence-electron chi connectivity index (χ0n) is 12.7. The predicted octanol–water partition coefficient (Wildman–Crippen LogP) is 3.61. The van der Waals surface area contributed by atoms with Crippen molar-refractivity contribution in [2.75, 3.05) is 6.61 Å². The second kappa shape index (κ2) is 5.67. The SMILES string of the molecule is C=C(C1CC1)[C@@H](CO[Si](C)(C)C(C)(C)C)NC(=O)O. The van der Waals surface area contributed by atoms with Crippen molar-refractivity contribution in [2.24, 2.45) is 5.92 Å². The summed E-state index contributed by atoms with van der Waals surface area (Å²) in [6.45, 7) is 15.3. The Bertz CT molecular complexity index is 356. The molecule has 1 saturated carbocycles. The summed E-state index contributed by atoms with van der Waals surface area (Å²) in [6, 6.07) is -0.279. The van der Waals surface area contributed by atoms with E-state index in [-0.39, 0.29) is 11.1 Å². The minimum Gasteiger partial charge on any atom is -0.465 e. The van der Waals surface area contributed by atoms with Crippen LogP contribution in [0.15, 0.2) is 12.2 Å². The van der Waals surface area contributed by atoms with Crippen molar-refractivity contribution >= 4 is 14.4 Å². The summed E-state index contributed by atoms with van der Waals surface area (Å²) in [5.41, 5.74) is 0.973. The quantitative estimate of drug-likeness (QED) is 0.579. The van der Waals surface area contributed by atoms with Crippen molar-refractivity contribution in [1.82, 2.24) is 5.32 Å². The molecule has 1 amide bonds. The fourth-order valence-electron chi connectivity index (χ4n) is 1.64. The Morgan fingerprint density at radius 3 is 2.37 bits per heavy atom. The van der Waals surface area contributed by atoms with Crippen LogP contribution in [0.3, 0.4) is 0 Å². The highest BCUT2D eigenvalue weighted by atomic mass is 28.4. The molecule has 4 nitrogen and oxygen atoms in total.